The van der Waals surface area contributed by atoms with Gasteiger partial charge in [0, 0.05) is 5.69 Å². The summed E-state index contributed by atoms with van der Waals surface area (Å²) in [5, 5.41) is 2.41. The highest BCUT2D eigenvalue weighted by molar-refractivity contribution is 7.78. The number of aryl methyl sites for hydroxylation is 1. The van der Waals surface area contributed by atoms with Crippen molar-refractivity contribution < 1.29 is 13.6 Å². The van der Waals surface area contributed by atoms with Gasteiger partial charge in [0.05, 0.1) is 5.75 Å². The Bertz CT molecular complexity index is 406. The van der Waals surface area contributed by atoms with Crippen molar-refractivity contribution in [2.24, 2.45) is 5.73 Å². The van der Waals surface area contributed by atoms with Crippen LogP contribution >= 0.6 is 0 Å². The van der Waals surface area contributed by atoms with Crippen LogP contribution in [0.25, 0.3) is 0 Å². The number of amides is 2. The zero-order chi connectivity index (χ0) is 11.4. The van der Waals surface area contributed by atoms with Crippen LogP contribution in [-0.2, 0) is 16.8 Å². The molecule has 0 aromatic heterocycles. The fraction of sp³-hybridized carbons (Fsp3) is 0.222. The number of urea groups is 1. The standard InChI is InChI=1S/C9H12N2O3S/c1-6-2-3-7(5-15(13)14)8(4-6)11-9(10)12/h2-4H,5H2,1H3,(H,13,14)(H3,10,11,12). The molecule has 1 aromatic carbocycles. The van der Waals surface area contributed by atoms with E-state index in [1.165, 1.54) is 0 Å². The van der Waals surface area contributed by atoms with Crippen LogP contribution in [0, 0.1) is 6.92 Å². The van der Waals surface area contributed by atoms with E-state index in [2.05, 4.69) is 5.32 Å². The van der Waals surface area contributed by atoms with Crippen molar-refractivity contribution >= 4 is 22.8 Å². The van der Waals surface area contributed by atoms with Crippen molar-refractivity contribution in [1.29, 1.82) is 0 Å². The number of primary amides is 1. The number of carbonyl (C=O) groups excluding carboxylic acids is 1. The molecule has 15 heavy (non-hydrogen) atoms. The van der Waals surface area contributed by atoms with E-state index in [0.29, 0.717) is 11.3 Å². The van der Waals surface area contributed by atoms with Crippen LogP contribution in [0.15, 0.2) is 18.2 Å². The number of benzene rings is 1. The molecule has 5 nitrogen and oxygen atoms in total. The van der Waals surface area contributed by atoms with Gasteiger partial charge in [0.1, 0.15) is 0 Å². The number of hydrogen-bond donors (Lipinski definition) is 3. The first-order valence-electron chi connectivity index (χ1n) is 4.22. The normalized spacial score (nSPS) is 12.1. The van der Waals surface area contributed by atoms with Crippen molar-refractivity contribution in [3.05, 3.63) is 29.3 Å². The highest BCUT2D eigenvalue weighted by atomic mass is 32.2. The van der Waals surface area contributed by atoms with E-state index >= 15 is 0 Å². The van der Waals surface area contributed by atoms with Crippen LogP contribution in [0.5, 0.6) is 0 Å². The van der Waals surface area contributed by atoms with Gasteiger partial charge in [0.2, 0.25) is 0 Å². The van der Waals surface area contributed by atoms with E-state index in [1.54, 1.807) is 18.2 Å². The lowest BCUT2D eigenvalue weighted by Gasteiger charge is -2.08. The molecule has 0 spiro atoms. The van der Waals surface area contributed by atoms with Gasteiger partial charge >= 0.3 is 6.03 Å². The topological polar surface area (TPSA) is 92.4 Å². The van der Waals surface area contributed by atoms with Crippen molar-refractivity contribution in [3.63, 3.8) is 0 Å². The Morgan fingerprint density at radius 1 is 1.60 bits per heavy atom. The fourth-order valence-corrected chi connectivity index (χ4v) is 1.72. The van der Waals surface area contributed by atoms with E-state index in [4.69, 9.17) is 10.3 Å². The summed E-state index contributed by atoms with van der Waals surface area (Å²) in [6.07, 6.45) is 0. The van der Waals surface area contributed by atoms with Crippen molar-refractivity contribution in [2.75, 3.05) is 5.32 Å². The highest BCUT2D eigenvalue weighted by Crippen LogP contribution is 2.18. The Morgan fingerprint density at radius 2 is 2.27 bits per heavy atom. The minimum atomic E-state index is -1.94. The quantitative estimate of drug-likeness (QED) is 0.679. The summed E-state index contributed by atoms with van der Waals surface area (Å²) < 4.78 is 19.4. The number of nitrogens with two attached hydrogens (primary N) is 1. The summed E-state index contributed by atoms with van der Waals surface area (Å²) in [6, 6.07) is 4.50. The van der Waals surface area contributed by atoms with Gasteiger partial charge in [-0.3, -0.25) is 0 Å². The Hall–Kier alpha value is -1.40. The lowest BCUT2D eigenvalue weighted by molar-refractivity contribution is 0.259. The summed E-state index contributed by atoms with van der Waals surface area (Å²) in [6.45, 7) is 1.85. The number of hydrogen-bond acceptors (Lipinski definition) is 2. The SMILES string of the molecule is Cc1ccc(CS(=O)O)c(NC(N)=O)c1. The molecule has 1 aromatic rings. The van der Waals surface area contributed by atoms with Gasteiger partial charge < -0.3 is 15.6 Å². The minimum Gasteiger partial charge on any atom is -0.351 e. The molecule has 2 amide bonds. The zero-order valence-electron chi connectivity index (χ0n) is 8.19. The zero-order valence-corrected chi connectivity index (χ0v) is 9.00. The Balaban J connectivity index is 3.02. The first-order chi connectivity index (χ1) is 6.99. The van der Waals surface area contributed by atoms with Crippen LogP contribution in [0.1, 0.15) is 11.1 Å². The van der Waals surface area contributed by atoms with Crippen LogP contribution < -0.4 is 11.1 Å². The van der Waals surface area contributed by atoms with E-state index in [-0.39, 0.29) is 5.75 Å². The van der Waals surface area contributed by atoms with Gasteiger partial charge in [0.25, 0.3) is 0 Å². The van der Waals surface area contributed by atoms with Gasteiger partial charge in [-0.1, -0.05) is 12.1 Å². The third-order valence-corrected chi connectivity index (χ3v) is 2.36. The van der Waals surface area contributed by atoms with Crippen LogP contribution in [0.2, 0.25) is 0 Å². The Morgan fingerprint density at radius 3 is 2.80 bits per heavy atom. The molecule has 1 rings (SSSR count). The van der Waals surface area contributed by atoms with Gasteiger partial charge in [0.15, 0.2) is 11.1 Å². The van der Waals surface area contributed by atoms with E-state index in [0.717, 1.165) is 5.56 Å². The smallest absolute Gasteiger partial charge is 0.316 e. The Kier molecular flexibility index (Phi) is 3.81. The van der Waals surface area contributed by atoms with Crippen molar-refractivity contribution in [1.82, 2.24) is 0 Å². The fourth-order valence-electron chi connectivity index (χ4n) is 1.20. The van der Waals surface area contributed by atoms with Crippen LogP contribution in [0.4, 0.5) is 10.5 Å². The number of rotatable bonds is 3. The molecular weight excluding hydrogens is 216 g/mol. The average Bonchev–Trinajstić information content (AvgIpc) is 2.08. The average molecular weight is 228 g/mol. The predicted molar refractivity (Wildman–Crippen MR) is 58.9 cm³/mol. The molecule has 0 fully saturated rings. The Labute approximate surface area is 90.0 Å². The molecule has 82 valence electrons. The van der Waals surface area contributed by atoms with Gasteiger partial charge in [-0.15, -0.1) is 0 Å². The number of nitrogens with one attached hydrogen (secondary N) is 1. The summed E-state index contributed by atoms with van der Waals surface area (Å²) in [5.74, 6) is -0.0319. The van der Waals surface area contributed by atoms with Crippen LogP contribution in [-0.4, -0.2) is 14.8 Å². The summed E-state index contributed by atoms with van der Waals surface area (Å²) >= 11 is -1.94. The molecule has 0 bridgehead atoms. The maximum Gasteiger partial charge on any atom is 0.316 e. The molecule has 0 aliphatic rings. The first-order valence-corrected chi connectivity index (χ1v) is 5.50. The predicted octanol–water partition coefficient (Wildman–Crippen LogP) is 1.21. The van der Waals surface area contributed by atoms with Crippen LogP contribution in [0.3, 0.4) is 0 Å². The largest absolute Gasteiger partial charge is 0.351 e. The molecule has 4 N–H and O–H groups in total. The molecule has 0 saturated carbocycles. The van der Waals surface area contributed by atoms with Crippen molar-refractivity contribution in [2.45, 2.75) is 12.7 Å². The van der Waals surface area contributed by atoms with E-state index in [9.17, 15) is 9.00 Å². The second-order valence-corrected chi connectivity index (χ2v) is 4.05. The molecule has 0 saturated heterocycles. The second kappa shape index (κ2) is 4.90. The summed E-state index contributed by atoms with van der Waals surface area (Å²) in [4.78, 5) is 10.7. The van der Waals surface area contributed by atoms with Gasteiger partial charge in [-0.05, 0) is 24.1 Å². The monoisotopic (exact) mass is 228 g/mol. The highest BCUT2D eigenvalue weighted by Gasteiger charge is 2.07. The van der Waals surface area contributed by atoms with Crippen molar-refractivity contribution in [3.8, 4) is 0 Å². The second-order valence-electron chi connectivity index (χ2n) is 3.12. The first kappa shape index (κ1) is 11.7. The molecule has 6 heteroatoms. The molecule has 1 unspecified atom stereocenters. The lowest BCUT2D eigenvalue weighted by atomic mass is 10.1. The third-order valence-electron chi connectivity index (χ3n) is 1.80. The molecule has 0 radical (unpaired) electrons. The number of anilines is 1. The van der Waals surface area contributed by atoms with Gasteiger partial charge in [-0.25, -0.2) is 9.00 Å². The molecule has 0 aliphatic carbocycles. The molecule has 0 heterocycles. The maximum atomic E-state index is 10.7. The molecular formula is C9H12N2O3S. The summed E-state index contributed by atoms with van der Waals surface area (Å²) in [5.41, 5.74) is 6.98. The minimum absolute atomic E-state index is 0.0319. The number of carbonyl (C=O) groups is 1. The van der Waals surface area contributed by atoms with E-state index in [1.807, 2.05) is 6.92 Å². The lowest BCUT2D eigenvalue weighted by Crippen LogP contribution is -2.20. The maximum absolute atomic E-state index is 10.7. The van der Waals surface area contributed by atoms with E-state index < -0.39 is 17.1 Å². The molecule has 1 atom stereocenters. The third kappa shape index (κ3) is 3.69. The van der Waals surface area contributed by atoms with Gasteiger partial charge in [-0.2, -0.15) is 0 Å². The summed E-state index contributed by atoms with van der Waals surface area (Å²) in [7, 11) is 0. The molecule has 0 aliphatic heterocycles.